The third-order valence-electron chi connectivity index (χ3n) is 2.29. The molecule has 1 heterocycles. The van der Waals surface area contributed by atoms with E-state index in [1.165, 1.54) is 7.05 Å². The minimum absolute atomic E-state index is 0.113. The summed E-state index contributed by atoms with van der Waals surface area (Å²) in [6.07, 6.45) is -3.73. The highest BCUT2D eigenvalue weighted by atomic mass is 16.7. The van der Waals surface area contributed by atoms with Crippen molar-refractivity contribution in [3.05, 3.63) is 0 Å². The van der Waals surface area contributed by atoms with Gasteiger partial charge in [-0.2, -0.15) is 5.06 Å². The summed E-state index contributed by atoms with van der Waals surface area (Å²) in [6.45, 7) is 3.35. The van der Waals surface area contributed by atoms with Crippen molar-refractivity contribution in [2.75, 3.05) is 13.7 Å². The van der Waals surface area contributed by atoms with Gasteiger partial charge in [-0.15, -0.1) is 0 Å². The number of nitrogens with zero attached hydrogens (tertiary/aromatic N) is 1. The average Bonchev–Trinajstić information content (AvgIpc) is 2.18. The largest absolute Gasteiger partial charge is 0.393 e. The second kappa shape index (κ2) is 5.20. The summed E-state index contributed by atoms with van der Waals surface area (Å²) in [5, 5.41) is 29.5. The van der Waals surface area contributed by atoms with Gasteiger partial charge < -0.3 is 20.1 Å². The Labute approximate surface area is 89.0 Å². The quantitative estimate of drug-likeness (QED) is 0.549. The lowest BCUT2D eigenvalue weighted by molar-refractivity contribution is -0.351. The van der Waals surface area contributed by atoms with Gasteiger partial charge in [0.15, 0.2) is 6.23 Å². The van der Waals surface area contributed by atoms with Crippen LogP contribution < -0.4 is 0 Å². The van der Waals surface area contributed by atoms with E-state index in [1.54, 1.807) is 0 Å². The van der Waals surface area contributed by atoms with Gasteiger partial charge in [-0.1, -0.05) is 0 Å². The van der Waals surface area contributed by atoms with Crippen LogP contribution in [-0.2, 0) is 9.57 Å². The summed E-state index contributed by atoms with van der Waals surface area (Å²) in [5.41, 5.74) is 0. The monoisotopic (exact) mass is 221 g/mol. The van der Waals surface area contributed by atoms with Crippen molar-refractivity contribution >= 4 is 0 Å². The Hall–Kier alpha value is -0.240. The first kappa shape index (κ1) is 12.8. The van der Waals surface area contributed by atoms with Crippen LogP contribution in [-0.4, -0.2) is 64.7 Å². The first-order valence-electron chi connectivity index (χ1n) is 4.99. The molecule has 6 heteroatoms. The fraction of sp³-hybridized carbons (Fsp3) is 1.00. The summed E-state index contributed by atoms with van der Waals surface area (Å²) >= 11 is 0. The third-order valence-corrected chi connectivity index (χ3v) is 2.29. The highest BCUT2D eigenvalue weighted by Crippen LogP contribution is 2.22. The molecule has 0 aromatic carbocycles. The molecule has 0 spiro atoms. The molecule has 0 aromatic rings. The summed E-state index contributed by atoms with van der Waals surface area (Å²) in [5.74, 6) is 0. The first-order chi connectivity index (χ1) is 6.97. The molecule has 0 aliphatic carbocycles. The van der Waals surface area contributed by atoms with Crippen molar-refractivity contribution < 1.29 is 24.9 Å². The van der Waals surface area contributed by atoms with Crippen LogP contribution in [0.1, 0.15) is 13.8 Å². The van der Waals surface area contributed by atoms with Crippen LogP contribution in [0.2, 0.25) is 0 Å². The van der Waals surface area contributed by atoms with Gasteiger partial charge in [-0.3, -0.25) is 4.84 Å². The lowest BCUT2D eigenvalue weighted by Crippen LogP contribution is -2.61. The Morgan fingerprint density at radius 2 is 2.00 bits per heavy atom. The number of aliphatic hydroxyl groups excluding tert-OH is 3. The topological polar surface area (TPSA) is 82.4 Å². The van der Waals surface area contributed by atoms with E-state index < -0.39 is 24.5 Å². The Morgan fingerprint density at radius 1 is 1.40 bits per heavy atom. The zero-order chi connectivity index (χ0) is 11.6. The molecular weight excluding hydrogens is 202 g/mol. The van der Waals surface area contributed by atoms with Crippen LogP contribution in [0.4, 0.5) is 0 Å². The molecule has 1 aliphatic rings. The van der Waals surface area contributed by atoms with Crippen molar-refractivity contribution in [2.24, 2.45) is 0 Å². The van der Waals surface area contributed by atoms with E-state index in [-0.39, 0.29) is 12.7 Å². The predicted octanol–water partition coefficient (Wildman–Crippen LogP) is -1.30. The molecule has 0 saturated carbocycles. The maximum absolute atomic E-state index is 9.75. The number of likely N-dealkylation sites (N-methyl/N-ethyl adjacent to an activating group) is 1. The second-order valence-corrected chi connectivity index (χ2v) is 3.93. The van der Waals surface area contributed by atoms with Crippen molar-refractivity contribution in [2.45, 2.75) is 44.5 Å². The van der Waals surface area contributed by atoms with E-state index in [9.17, 15) is 10.2 Å². The van der Waals surface area contributed by atoms with Gasteiger partial charge in [0.1, 0.15) is 18.3 Å². The Kier molecular flexibility index (Phi) is 4.45. The molecule has 15 heavy (non-hydrogen) atoms. The van der Waals surface area contributed by atoms with E-state index in [0.29, 0.717) is 0 Å². The average molecular weight is 221 g/mol. The summed E-state index contributed by atoms with van der Waals surface area (Å²) in [4.78, 5) is 5.18. The Morgan fingerprint density at radius 3 is 2.47 bits per heavy atom. The zero-order valence-corrected chi connectivity index (χ0v) is 9.20. The van der Waals surface area contributed by atoms with Crippen LogP contribution >= 0.6 is 0 Å². The smallest absolute Gasteiger partial charge is 0.157 e. The van der Waals surface area contributed by atoms with E-state index in [1.807, 2.05) is 13.8 Å². The molecule has 0 radical (unpaired) electrons. The number of hydroxylamine groups is 2. The van der Waals surface area contributed by atoms with Gasteiger partial charge in [0.25, 0.3) is 0 Å². The van der Waals surface area contributed by atoms with Gasteiger partial charge in [0.2, 0.25) is 0 Å². The number of aliphatic hydroxyl groups is 3. The summed E-state index contributed by atoms with van der Waals surface area (Å²) in [6, 6.07) is 0. The third kappa shape index (κ3) is 2.87. The van der Waals surface area contributed by atoms with Crippen LogP contribution in [0, 0.1) is 0 Å². The zero-order valence-electron chi connectivity index (χ0n) is 9.20. The van der Waals surface area contributed by atoms with Gasteiger partial charge >= 0.3 is 0 Å². The van der Waals surface area contributed by atoms with Crippen LogP contribution in [0.5, 0.6) is 0 Å². The van der Waals surface area contributed by atoms with Crippen molar-refractivity contribution in [1.29, 1.82) is 0 Å². The second-order valence-electron chi connectivity index (χ2n) is 3.93. The Balaban J connectivity index is 2.70. The molecular formula is C9H19NO5. The number of hydrogen-bond donors (Lipinski definition) is 3. The normalized spacial score (nSPS) is 38.6. The van der Waals surface area contributed by atoms with E-state index in [4.69, 9.17) is 14.7 Å². The van der Waals surface area contributed by atoms with Crippen LogP contribution in [0.3, 0.4) is 0 Å². The van der Waals surface area contributed by atoms with Crippen LogP contribution in [0.15, 0.2) is 0 Å². The van der Waals surface area contributed by atoms with Crippen molar-refractivity contribution in [3.63, 3.8) is 0 Å². The molecule has 0 bridgehead atoms. The molecule has 1 rings (SSSR count). The molecule has 1 saturated heterocycles. The highest BCUT2D eigenvalue weighted by molar-refractivity contribution is 4.85. The van der Waals surface area contributed by atoms with Crippen molar-refractivity contribution in [1.82, 2.24) is 5.06 Å². The lowest BCUT2D eigenvalue weighted by atomic mass is 10.0. The molecule has 4 atom stereocenters. The van der Waals surface area contributed by atoms with E-state index in [0.717, 1.165) is 5.06 Å². The molecule has 90 valence electrons. The van der Waals surface area contributed by atoms with Gasteiger partial charge in [-0.05, 0) is 13.8 Å². The lowest BCUT2D eigenvalue weighted by Gasteiger charge is -2.42. The number of rotatable bonds is 3. The van der Waals surface area contributed by atoms with Gasteiger partial charge in [-0.25, -0.2) is 0 Å². The van der Waals surface area contributed by atoms with Crippen LogP contribution in [0.25, 0.3) is 0 Å². The fourth-order valence-electron chi connectivity index (χ4n) is 1.56. The minimum atomic E-state index is -1.14. The van der Waals surface area contributed by atoms with E-state index >= 15 is 0 Å². The molecule has 0 aromatic heterocycles. The predicted molar refractivity (Wildman–Crippen MR) is 51.7 cm³/mol. The SMILES string of the molecule is CC(C)OC1C(CO)ON(C)C(O)C1O. The number of ether oxygens (including phenoxy) is 1. The fourth-order valence-corrected chi connectivity index (χ4v) is 1.56. The maximum atomic E-state index is 9.75. The molecule has 4 unspecified atom stereocenters. The standard InChI is InChI=1S/C9H19NO5/c1-5(2)14-8-6(4-11)15-10(3)9(13)7(8)12/h5-9,11-13H,4H2,1-3H3. The van der Waals surface area contributed by atoms with Crippen molar-refractivity contribution in [3.8, 4) is 0 Å². The van der Waals surface area contributed by atoms with E-state index in [2.05, 4.69) is 0 Å². The first-order valence-corrected chi connectivity index (χ1v) is 4.99. The number of hydrogen-bond acceptors (Lipinski definition) is 6. The Bertz CT molecular complexity index is 199. The summed E-state index contributed by atoms with van der Waals surface area (Å²) < 4.78 is 5.40. The summed E-state index contributed by atoms with van der Waals surface area (Å²) in [7, 11) is 1.49. The molecule has 3 N–H and O–H groups in total. The molecule has 0 amide bonds. The molecule has 6 nitrogen and oxygen atoms in total. The van der Waals surface area contributed by atoms with Gasteiger partial charge in [0.05, 0.1) is 12.7 Å². The minimum Gasteiger partial charge on any atom is -0.393 e. The molecule has 1 aliphatic heterocycles. The maximum Gasteiger partial charge on any atom is 0.157 e. The molecule has 1 fully saturated rings. The highest BCUT2D eigenvalue weighted by Gasteiger charge is 2.42. The van der Waals surface area contributed by atoms with Gasteiger partial charge in [0, 0.05) is 7.05 Å².